The Labute approximate surface area is 120 Å². The molecule has 2 heteroatoms. The molecular formula is C18H21NO. The molecule has 0 aromatic heterocycles. The molecule has 0 saturated carbocycles. The quantitative estimate of drug-likeness (QED) is 0.917. The Bertz CT molecular complexity index is 573. The zero-order valence-electron chi connectivity index (χ0n) is 11.8. The van der Waals surface area contributed by atoms with Crippen LogP contribution in [0.4, 0.5) is 0 Å². The second kappa shape index (κ2) is 6.21. The van der Waals surface area contributed by atoms with Crippen molar-refractivity contribution in [3.63, 3.8) is 0 Å². The number of likely N-dealkylation sites (tertiary alicyclic amines) is 1. The van der Waals surface area contributed by atoms with E-state index in [1.54, 1.807) is 0 Å². The summed E-state index contributed by atoms with van der Waals surface area (Å²) in [4.78, 5) is 2.52. The van der Waals surface area contributed by atoms with Crippen molar-refractivity contribution < 1.29 is 5.11 Å². The number of rotatable bonds is 4. The van der Waals surface area contributed by atoms with E-state index in [1.807, 2.05) is 12.1 Å². The van der Waals surface area contributed by atoms with Gasteiger partial charge in [-0.3, -0.25) is 4.90 Å². The summed E-state index contributed by atoms with van der Waals surface area (Å²) < 4.78 is 0. The fourth-order valence-corrected chi connectivity index (χ4v) is 2.96. The van der Waals surface area contributed by atoms with Gasteiger partial charge in [0.1, 0.15) is 0 Å². The third-order valence-electron chi connectivity index (χ3n) is 4.03. The monoisotopic (exact) mass is 267 g/mol. The van der Waals surface area contributed by atoms with Gasteiger partial charge in [0.05, 0.1) is 6.61 Å². The summed E-state index contributed by atoms with van der Waals surface area (Å²) in [6.45, 7) is 3.55. The number of aliphatic hydroxyl groups excluding tert-OH is 1. The third kappa shape index (κ3) is 2.92. The van der Waals surface area contributed by atoms with Crippen molar-refractivity contribution in [3.05, 3.63) is 59.7 Å². The topological polar surface area (TPSA) is 23.5 Å². The lowest BCUT2D eigenvalue weighted by Gasteiger charge is -2.17. The molecule has 2 aromatic rings. The first-order valence-electron chi connectivity index (χ1n) is 7.37. The van der Waals surface area contributed by atoms with Crippen LogP contribution in [-0.4, -0.2) is 23.1 Å². The van der Waals surface area contributed by atoms with Gasteiger partial charge in [-0.2, -0.15) is 0 Å². The van der Waals surface area contributed by atoms with Crippen LogP contribution >= 0.6 is 0 Å². The summed E-state index contributed by atoms with van der Waals surface area (Å²) in [5.41, 5.74) is 4.84. The van der Waals surface area contributed by atoms with E-state index in [0.717, 1.165) is 12.1 Å². The summed E-state index contributed by atoms with van der Waals surface area (Å²) in [6, 6.07) is 16.8. The molecule has 2 nitrogen and oxygen atoms in total. The Morgan fingerprint density at radius 2 is 1.75 bits per heavy atom. The van der Waals surface area contributed by atoms with E-state index in [1.165, 1.54) is 42.6 Å². The van der Waals surface area contributed by atoms with Gasteiger partial charge in [0.15, 0.2) is 0 Å². The average molecular weight is 267 g/mol. The highest BCUT2D eigenvalue weighted by molar-refractivity contribution is 5.68. The number of hydrogen-bond acceptors (Lipinski definition) is 2. The molecule has 1 saturated heterocycles. The van der Waals surface area contributed by atoms with Crippen molar-refractivity contribution in [2.45, 2.75) is 26.0 Å². The zero-order chi connectivity index (χ0) is 13.8. The molecule has 0 spiro atoms. The Morgan fingerprint density at radius 3 is 2.55 bits per heavy atom. The van der Waals surface area contributed by atoms with Gasteiger partial charge in [0.25, 0.3) is 0 Å². The minimum atomic E-state index is 0.0993. The van der Waals surface area contributed by atoms with Gasteiger partial charge in [-0.15, -0.1) is 0 Å². The number of nitrogens with zero attached hydrogens (tertiary/aromatic N) is 1. The average Bonchev–Trinajstić information content (AvgIpc) is 3.01. The van der Waals surface area contributed by atoms with E-state index in [2.05, 4.69) is 41.3 Å². The van der Waals surface area contributed by atoms with Gasteiger partial charge >= 0.3 is 0 Å². The van der Waals surface area contributed by atoms with Crippen LogP contribution in [0, 0.1) is 0 Å². The van der Waals surface area contributed by atoms with Gasteiger partial charge < -0.3 is 5.11 Å². The molecule has 0 atom stereocenters. The molecule has 1 aliphatic heterocycles. The minimum Gasteiger partial charge on any atom is -0.392 e. The van der Waals surface area contributed by atoms with Crippen LogP contribution in [0.3, 0.4) is 0 Å². The Balaban J connectivity index is 1.91. The number of aliphatic hydroxyl groups is 1. The Morgan fingerprint density at radius 1 is 0.950 bits per heavy atom. The molecule has 3 rings (SSSR count). The van der Waals surface area contributed by atoms with Crippen molar-refractivity contribution in [3.8, 4) is 11.1 Å². The van der Waals surface area contributed by atoms with Crippen LogP contribution in [0.25, 0.3) is 11.1 Å². The summed E-state index contributed by atoms with van der Waals surface area (Å²) >= 11 is 0. The van der Waals surface area contributed by atoms with E-state index in [4.69, 9.17) is 0 Å². The third-order valence-corrected chi connectivity index (χ3v) is 4.03. The molecule has 1 N–H and O–H groups in total. The van der Waals surface area contributed by atoms with E-state index >= 15 is 0 Å². The molecular weight excluding hydrogens is 246 g/mol. The fourth-order valence-electron chi connectivity index (χ4n) is 2.96. The highest BCUT2D eigenvalue weighted by Gasteiger charge is 2.14. The van der Waals surface area contributed by atoms with Crippen LogP contribution in [0.5, 0.6) is 0 Å². The lowest BCUT2D eigenvalue weighted by atomic mass is 9.98. The molecule has 0 radical (unpaired) electrons. The molecule has 0 bridgehead atoms. The van der Waals surface area contributed by atoms with Crippen LogP contribution in [0.1, 0.15) is 24.0 Å². The largest absolute Gasteiger partial charge is 0.392 e. The van der Waals surface area contributed by atoms with E-state index in [0.29, 0.717) is 0 Å². The van der Waals surface area contributed by atoms with E-state index in [-0.39, 0.29) is 6.61 Å². The molecule has 1 heterocycles. The van der Waals surface area contributed by atoms with Crippen molar-refractivity contribution in [1.82, 2.24) is 4.90 Å². The maximum Gasteiger partial charge on any atom is 0.0682 e. The zero-order valence-corrected chi connectivity index (χ0v) is 11.8. The molecule has 0 unspecified atom stereocenters. The predicted octanol–water partition coefficient (Wildman–Crippen LogP) is 3.44. The van der Waals surface area contributed by atoms with Crippen LogP contribution in [0.2, 0.25) is 0 Å². The van der Waals surface area contributed by atoms with E-state index < -0.39 is 0 Å². The minimum absolute atomic E-state index is 0.0993. The van der Waals surface area contributed by atoms with Gasteiger partial charge in [-0.05, 0) is 54.3 Å². The second-order valence-electron chi connectivity index (χ2n) is 5.50. The van der Waals surface area contributed by atoms with Crippen molar-refractivity contribution in [2.75, 3.05) is 13.1 Å². The summed E-state index contributed by atoms with van der Waals surface area (Å²) in [5, 5.41) is 9.30. The highest BCUT2D eigenvalue weighted by Crippen LogP contribution is 2.26. The molecule has 0 amide bonds. The SMILES string of the molecule is OCc1cccc(-c2ccccc2CN2CCCC2)c1. The molecule has 1 aliphatic rings. The molecule has 2 aromatic carbocycles. The molecule has 104 valence electrons. The molecule has 1 fully saturated rings. The normalized spacial score (nSPS) is 15.7. The number of benzene rings is 2. The maximum absolute atomic E-state index is 9.30. The first kappa shape index (κ1) is 13.3. The summed E-state index contributed by atoms with van der Waals surface area (Å²) in [6.07, 6.45) is 2.64. The standard InChI is InChI=1S/C18H21NO/c20-14-15-6-5-8-16(12-15)18-9-2-1-7-17(18)13-19-10-3-4-11-19/h1-2,5-9,12,20H,3-4,10-11,13-14H2. The Hall–Kier alpha value is -1.64. The highest BCUT2D eigenvalue weighted by atomic mass is 16.3. The van der Waals surface area contributed by atoms with Crippen molar-refractivity contribution >= 4 is 0 Å². The first-order valence-corrected chi connectivity index (χ1v) is 7.37. The lowest BCUT2D eigenvalue weighted by Crippen LogP contribution is -2.18. The van der Waals surface area contributed by atoms with E-state index in [9.17, 15) is 5.11 Å². The molecule has 0 aliphatic carbocycles. The predicted molar refractivity (Wildman–Crippen MR) is 82.3 cm³/mol. The van der Waals surface area contributed by atoms with Crippen molar-refractivity contribution in [2.24, 2.45) is 0 Å². The summed E-state index contributed by atoms with van der Waals surface area (Å²) in [7, 11) is 0. The van der Waals surface area contributed by atoms with Gasteiger partial charge in [0, 0.05) is 6.54 Å². The van der Waals surface area contributed by atoms with Crippen LogP contribution in [-0.2, 0) is 13.2 Å². The van der Waals surface area contributed by atoms with Crippen LogP contribution < -0.4 is 0 Å². The number of hydrogen-bond donors (Lipinski definition) is 1. The van der Waals surface area contributed by atoms with Gasteiger partial charge in [0.2, 0.25) is 0 Å². The maximum atomic E-state index is 9.30. The summed E-state index contributed by atoms with van der Waals surface area (Å²) in [5.74, 6) is 0. The van der Waals surface area contributed by atoms with Gasteiger partial charge in [-0.1, -0.05) is 42.5 Å². The second-order valence-corrected chi connectivity index (χ2v) is 5.50. The van der Waals surface area contributed by atoms with Crippen molar-refractivity contribution in [1.29, 1.82) is 0 Å². The smallest absolute Gasteiger partial charge is 0.0682 e. The van der Waals surface area contributed by atoms with Gasteiger partial charge in [-0.25, -0.2) is 0 Å². The fraction of sp³-hybridized carbons (Fsp3) is 0.333. The molecule has 20 heavy (non-hydrogen) atoms. The Kier molecular flexibility index (Phi) is 4.14. The van der Waals surface area contributed by atoms with Crippen LogP contribution in [0.15, 0.2) is 48.5 Å². The lowest BCUT2D eigenvalue weighted by molar-refractivity contribution is 0.282. The first-order chi connectivity index (χ1) is 9.86.